The summed E-state index contributed by atoms with van der Waals surface area (Å²) in [5.74, 6) is 1.01. The van der Waals surface area contributed by atoms with E-state index in [9.17, 15) is 9.90 Å². The zero-order valence-electron chi connectivity index (χ0n) is 16.5. The van der Waals surface area contributed by atoms with Gasteiger partial charge in [-0.1, -0.05) is 42.5 Å². The van der Waals surface area contributed by atoms with Crippen molar-refractivity contribution in [2.24, 2.45) is 5.92 Å². The van der Waals surface area contributed by atoms with Gasteiger partial charge in [-0.05, 0) is 37.6 Å². The van der Waals surface area contributed by atoms with Gasteiger partial charge in [-0.25, -0.2) is 0 Å². The number of phenolic OH excluding ortho intramolecular Hbond substituents is 1. The number of hydrogen-bond acceptors (Lipinski definition) is 4. The zero-order valence-corrected chi connectivity index (χ0v) is 17.3. The summed E-state index contributed by atoms with van der Waals surface area (Å²) in [5, 5.41) is 10.3. The van der Waals surface area contributed by atoms with Gasteiger partial charge in [-0.3, -0.25) is 9.69 Å². The van der Waals surface area contributed by atoms with Gasteiger partial charge in [-0.15, -0.1) is 12.4 Å². The van der Waals surface area contributed by atoms with E-state index < -0.39 is 0 Å². The molecule has 1 fully saturated rings. The minimum absolute atomic E-state index is 0. The molecule has 1 N–H and O–H groups in total. The smallest absolute Gasteiger partial charge is 0.225 e. The molecule has 152 valence electrons. The Morgan fingerprint density at radius 3 is 2.46 bits per heavy atom. The van der Waals surface area contributed by atoms with Crippen LogP contribution in [0.4, 0.5) is 0 Å². The molecule has 3 rings (SSSR count). The van der Waals surface area contributed by atoms with Crippen LogP contribution < -0.4 is 4.74 Å². The normalized spacial score (nSPS) is 14.9. The van der Waals surface area contributed by atoms with E-state index in [1.165, 1.54) is 0 Å². The van der Waals surface area contributed by atoms with E-state index in [4.69, 9.17) is 4.74 Å². The van der Waals surface area contributed by atoms with Gasteiger partial charge in [0.25, 0.3) is 0 Å². The van der Waals surface area contributed by atoms with Crippen molar-refractivity contribution in [2.45, 2.75) is 25.9 Å². The van der Waals surface area contributed by atoms with Crippen LogP contribution in [0.25, 0.3) is 0 Å². The van der Waals surface area contributed by atoms with E-state index in [0.29, 0.717) is 18.8 Å². The van der Waals surface area contributed by atoms with Crippen LogP contribution in [0.1, 0.15) is 24.0 Å². The quantitative estimate of drug-likeness (QED) is 0.797. The number of aromatic hydroxyl groups is 1. The molecule has 0 aliphatic carbocycles. The molecule has 0 saturated carbocycles. The molecule has 28 heavy (non-hydrogen) atoms. The summed E-state index contributed by atoms with van der Waals surface area (Å²) in [4.78, 5) is 16.9. The maximum atomic E-state index is 12.8. The second-order valence-electron chi connectivity index (χ2n) is 7.20. The number of amides is 1. The molecule has 2 aromatic rings. The van der Waals surface area contributed by atoms with Crippen LogP contribution >= 0.6 is 12.4 Å². The number of rotatable bonds is 6. The SMILES string of the molecule is COc1cccc(CN2CCC(C(=O)N(C)Cc3ccccc3)CC2)c1O.Cl. The Hall–Kier alpha value is -2.24. The molecule has 0 unspecified atom stereocenters. The number of piperidine rings is 1. The van der Waals surface area contributed by atoms with Crippen molar-refractivity contribution < 1.29 is 14.6 Å². The number of para-hydroxylation sites is 1. The number of benzene rings is 2. The molecule has 1 amide bonds. The average molecular weight is 405 g/mol. The highest BCUT2D eigenvalue weighted by molar-refractivity contribution is 5.85. The first-order valence-electron chi connectivity index (χ1n) is 9.44. The van der Waals surface area contributed by atoms with E-state index in [1.807, 2.05) is 54.4 Å². The molecule has 1 heterocycles. The molecule has 1 saturated heterocycles. The maximum absolute atomic E-state index is 12.8. The van der Waals surface area contributed by atoms with Crippen molar-refractivity contribution >= 4 is 18.3 Å². The molecular weight excluding hydrogens is 376 g/mol. The van der Waals surface area contributed by atoms with Gasteiger partial charge in [0.1, 0.15) is 0 Å². The van der Waals surface area contributed by atoms with Crippen LogP contribution in [0.5, 0.6) is 11.5 Å². The van der Waals surface area contributed by atoms with E-state index in [0.717, 1.165) is 37.1 Å². The second-order valence-corrected chi connectivity index (χ2v) is 7.20. The number of ether oxygens (including phenoxy) is 1. The Morgan fingerprint density at radius 2 is 1.82 bits per heavy atom. The maximum Gasteiger partial charge on any atom is 0.225 e. The Morgan fingerprint density at radius 1 is 1.14 bits per heavy atom. The number of methoxy groups -OCH3 is 1. The largest absolute Gasteiger partial charge is 0.504 e. The summed E-state index contributed by atoms with van der Waals surface area (Å²) in [7, 11) is 3.44. The van der Waals surface area contributed by atoms with Crippen LogP contribution in [-0.4, -0.2) is 48.1 Å². The molecule has 2 aromatic carbocycles. The van der Waals surface area contributed by atoms with E-state index >= 15 is 0 Å². The molecule has 0 aromatic heterocycles. The first-order valence-corrected chi connectivity index (χ1v) is 9.44. The highest BCUT2D eigenvalue weighted by Gasteiger charge is 2.27. The van der Waals surface area contributed by atoms with Gasteiger partial charge in [0.05, 0.1) is 7.11 Å². The Balaban J connectivity index is 0.00000280. The van der Waals surface area contributed by atoms with Crippen molar-refractivity contribution in [3.8, 4) is 11.5 Å². The van der Waals surface area contributed by atoms with Crippen LogP contribution in [0.3, 0.4) is 0 Å². The van der Waals surface area contributed by atoms with Crippen LogP contribution in [-0.2, 0) is 17.9 Å². The average Bonchev–Trinajstić information content (AvgIpc) is 2.70. The highest BCUT2D eigenvalue weighted by atomic mass is 35.5. The Kier molecular flexibility index (Phi) is 8.15. The molecule has 1 aliphatic heterocycles. The number of phenols is 1. The number of nitrogens with zero attached hydrogens (tertiary/aromatic N) is 2. The zero-order chi connectivity index (χ0) is 19.2. The van der Waals surface area contributed by atoms with Crippen molar-refractivity contribution in [3.63, 3.8) is 0 Å². The third-order valence-electron chi connectivity index (χ3n) is 5.27. The Labute approximate surface area is 173 Å². The molecule has 1 aliphatic rings. The van der Waals surface area contributed by atoms with Crippen LogP contribution in [0.2, 0.25) is 0 Å². The molecule has 5 nitrogen and oxygen atoms in total. The van der Waals surface area contributed by atoms with E-state index in [-0.39, 0.29) is 30.0 Å². The fraction of sp³-hybridized carbons (Fsp3) is 0.409. The number of carbonyl (C=O) groups excluding carboxylic acids is 1. The lowest BCUT2D eigenvalue weighted by Crippen LogP contribution is -2.40. The number of hydrogen-bond donors (Lipinski definition) is 1. The minimum Gasteiger partial charge on any atom is -0.504 e. The van der Waals surface area contributed by atoms with E-state index in [2.05, 4.69) is 4.90 Å². The predicted molar refractivity (Wildman–Crippen MR) is 113 cm³/mol. The van der Waals surface area contributed by atoms with E-state index in [1.54, 1.807) is 13.2 Å². The van der Waals surface area contributed by atoms with Gasteiger partial charge < -0.3 is 14.7 Å². The van der Waals surface area contributed by atoms with Gasteiger partial charge in [0.15, 0.2) is 11.5 Å². The van der Waals surface area contributed by atoms with Crippen LogP contribution in [0.15, 0.2) is 48.5 Å². The lowest BCUT2D eigenvalue weighted by Gasteiger charge is -2.33. The number of halogens is 1. The monoisotopic (exact) mass is 404 g/mol. The molecular formula is C22H29ClN2O3. The molecule has 0 atom stereocenters. The van der Waals surface area contributed by atoms with Gasteiger partial charge in [0, 0.05) is 31.6 Å². The highest BCUT2D eigenvalue weighted by Crippen LogP contribution is 2.31. The minimum atomic E-state index is 0. The predicted octanol–water partition coefficient (Wildman–Crippen LogP) is 3.69. The lowest BCUT2D eigenvalue weighted by atomic mass is 9.94. The first kappa shape index (κ1) is 22.1. The summed E-state index contributed by atoms with van der Waals surface area (Å²) in [6.07, 6.45) is 1.70. The summed E-state index contributed by atoms with van der Waals surface area (Å²) in [5.41, 5.74) is 2.01. The summed E-state index contributed by atoms with van der Waals surface area (Å²) in [6, 6.07) is 15.7. The number of likely N-dealkylation sites (tertiary alicyclic amines) is 1. The molecule has 0 spiro atoms. The second kappa shape index (κ2) is 10.3. The first-order chi connectivity index (χ1) is 13.1. The van der Waals surface area contributed by atoms with Crippen molar-refractivity contribution in [3.05, 3.63) is 59.7 Å². The fourth-order valence-corrected chi connectivity index (χ4v) is 3.69. The third kappa shape index (κ3) is 5.40. The van der Waals surface area contributed by atoms with Gasteiger partial charge >= 0.3 is 0 Å². The van der Waals surface area contributed by atoms with Gasteiger partial charge in [-0.2, -0.15) is 0 Å². The molecule has 0 radical (unpaired) electrons. The molecule has 0 bridgehead atoms. The van der Waals surface area contributed by atoms with Gasteiger partial charge in [0.2, 0.25) is 5.91 Å². The van der Waals surface area contributed by atoms with Crippen molar-refractivity contribution in [1.82, 2.24) is 9.80 Å². The Bertz CT molecular complexity index is 762. The summed E-state index contributed by atoms with van der Waals surface area (Å²) >= 11 is 0. The number of carbonyl (C=O) groups is 1. The van der Waals surface area contributed by atoms with Crippen molar-refractivity contribution in [2.75, 3.05) is 27.2 Å². The topological polar surface area (TPSA) is 53.0 Å². The molecule has 6 heteroatoms. The van der Waals surface area contributed by atoms with Crippen molar-refractivity contribution in [1.29, 1.82) is 0 Å². The summed E-state index contributed by atoms with van der Waals surface area (Å²) < 4.78 is 5.18. The third-order valence-corrected chi connectivity index (χ3v) is 5.27. The fourth-order valence-electron chi connectivity index (χ4n) is 3.69. The lowest BCUT2D eigenvalue weighted by molar-refractivity contribution is -0.136. The van der Waals surface area contributed by atoms with Crippen LogP contribution in [0, 0.1) is 5.92 Å². The summed E-state index contributed by atoms with van der Waals surface area (Å²) in [6.45, 7) is 3.03. The standard InChI is InChI=1S/C22H28N2O3.ClH/c1-23(15-17-7-4-3-5-8-17)22(26)18-11-13-24(14-12-18)16-19-9-6-10-20(27-2)21(19)25;/h3-10,18,25H,11-16H2,1-2H3;1H.